The van der Waals surface area contributed by atoms with E-state index >= 15 is 0 Å². The zero-order valence-corrected chi connectivity index (χ0v) is 22.2. The number of benzene rings is 1. The van der Waals surface area contributed by atoms with E-state index in [0.717, 1.165) is 11.4 Å². The number of esters is 1. The van der Waals surface area contributed by atoms with Crippen molar-refractivity contribution in [3.63, 3.8) is 0 Å². The van der Waals surface area contributed by atoms with Crippen LogP contribution in [0.15, 0.2) is 36.5 Å². The Balaban J connectivity index is 2.05. The molecule has 3 rings (SSSR count). The Bertz CT molecular complexity index is 1170. The molecule has 0 amide bonds. The lowest BCUT2D eigenvalue weighted by atomic mass is 10.2. The van der Waals surface area contributed by atoms with E-state index in [1.807, 2.05) is 51.1 Å². The smallest absolute Gasteiger partial charge is 0.419 e. The maximum Gasteiger partial charge on any atom is 0.419 e. The summed E-state index contributed by atoms with van der Waals surface area (Å²) in [4.78, 5) is 26.0. The standard InChI is InChI=1S/C25H35N3O5Si/c1-8-32-23(29)19-16-27(17-31-13-14-34(5,6)7)26-22(19)21-15-18-11-9-10-12-20(18)28(21)24(30)33-25(2,3)4/h9-12,15-16H,8,13-14,17H2,1-7H3. The molecule has 34 heavy (non-hydrogen) atoms. The van der Waals surface area contributed by atoms with Crippen LogP contribution < -0.4 is 0 Å². The van der Waals surface area contributed by atoms with Crippen molar-refractivity contribution < 1.29 is 23.8 Å². The number of rotatable bonds is 8. The van der Waals surface area contributed by atoms with Crippen LogP contribution in [0.2, 0.25) is 25.7 Å². The molecular weight excluding hydrogens is 450 g/mol. The minimum absolute atomic E-state index is 0.198. The number of hydrogen-bond donors (Lipinski definition) is 0. The highest BCUT2D eigenvalue weighted by molar-refractivity contribution is 6.76. The molecule has 0 aliphatic carbocycles. The maximum atomic E-state index is 13.2. The number of carbonyl (C=O) groups excluding carboxylic acids is 2. The molecule has 0 unspecified atom stereocenters. The quantitative estimate of drug-likeness (QED) is 0.228. The van der Waals surface area contributed by atoms with Crippen LogP contribution in [-0.2, 0) is 20.9 Å². The minimum Gasteiger partial charge on any atom is -0.462 e. The Morgan fingerprint density at radius 1 is 1.12 bits per heavy atom. The van der Waals surface area contributed by atoms with E-state index in [1.54, 1.807) is 17.8 Å². The zero-order chi connectivity index (χ0) is 25.1. The number of fused-ring (bicyclic) bond motifs is 1. The van der Waals surface area contributed by atoms with Crippen LogP contribution in [0.1, 0.15) is 38.1 Å². The van der Waals surface area contributed by atoms with Crippen LogP contribution in [0.5, 0.6) is 0 Å². The number of aromatic nitrogens is 3. The Hall–Kier alpha value is -2.91. The number of ether oxygens (including phenoxy) is 3. The van der Waals surface area contributed by atoms with Crippen molar-refractivity contribution in [1.82, 2.24) is 14.3 Å². The van der Waals surface area contributed by atoms with Gasteiger partial charge in [0, 0.05) is 26.3 Å². The molecule has 2 aromatic heterocycles. The lowest BCUT2D eigenvalue weighted by molar-refractivity contribution is 0.0518. The number of hydrogen-bond acceptors (Lipinski definition) is 6. The average Bonchev–Trinajstić information content (AvgIpc) is 3.31. The van der Waals surface area contributed by atoms with Crippen LogP contribution in [0.25, 0.3) is 22.3 Å². The van der Waals surface area contributed by atoms with E-state index in [4.69, 9.17) is 14.2 Å². The van der Waals surface area contributed by atoms with Crippen molar-refractivity contribution in [3.8, 4) is 11.4 Å². The van der Waals surface area contributed by atoms with Gasteiger partial charge in [-0.25, -0.2) is 18.8 Å². The second-order valence-electron chi connectivity index (χ2n) is 10.4. The highest BCUT2D eigenvalue weighted by Gasteiger charge is 2.27. The molecule has 0 bridgehead atoms. The van der Waals surface area contributed by atoms with E-state index in [0.29, 0.717) is 23.5 Å². The number of carbonyl (C=O) groups is 2. The maximum absolute atomic E-state index is 13.2. The molecule has 8 nitrogen and oxygen atoms in total. The van der Waals surface area contributed by atoms with Crippen molar-refractivity contribution in [1.29, 1.82) is 0 Å². The fourth-order valence-corrected chi connectivity index (χ4v) is 4.16. The summed E-state index contributed by atoms with van der Waals surface area (Å²) < 4.78 is 19.8. The summed E-state index contributed by atoms with van der Waals surface area (Å²) in [6, 6.07) is 10.3. The Labute approximate surface area is 201 Å². The Morgan fingerprint density at radius 2 is 1.82 bits per heavy atom. The van der Waals surface area contributed by atoms with E-state index in [-0.39, 0.29) is 18.9 Å². The topological polar surface area (TPSA) is 84.6 Å². The van der Waals surface area contributed by atoms with Crippen molar-refractivity contribution in [3.05, 3.63) is 42.1 Å². The predicted molar refractivity (Wildman–Crippen MR) is 135 cm³/mol. The molecule has 0 radical (unpaired) electrons. The molecule has 184 valence electrons. The van der Waals surface area contributed by atoms with Crippen LogP contribution in [0, 0.1) is 0 Å². The third-order valence-electron chi connectivity index (χ3n) is 5.01. The first-order valence-electron chi connectivity index (χ1n) is 11.6. The molecular formula is C25H35N3O5Si. The highest BCUT2D eigenvalue weighted by Crippen LogP contribution is 2.31. The molecule has 0 saturated heterocycles. The molecule has 1 aromatic carbocycles. The van der Waals surface area contributed by atoms with Gasteiger partial charge in [-0.05, 0) is 45.9 Å². The van der Waals surface area contributed by atoms with Gasteiger partial charge in [0.1, 0.15) is 23.6 Å². The van der Waals surface area contributed by atoms with Gasteiger partial charge in [-0.3, -0.25) is 0 Å². The van der Waals surface area contributed by atoms with Crippen LogP contribution in [0.3, 0.4) is 0 Å². The highest BCUT2D eigenvalue weighted by atomic mass is 28.3. The summed E-state index contributed by atoms with van der Waals surface area (Å²) in [6.45, 7) is 15.1. The van der Waals surface area contributed by atoms with Crippen molar-refractivity contribution in [2.75, 3.05) is 13.2 Å². The third-order valence-corrected chi connectivity index (χ3v) is 6.71. The fourth-order valence-electron chi connectivity index (χ4n) is 3.40. The molecule has 9 heteroatoms. The van der Waals surface area contributed by atoms with Crippen molar-refractivity contribution in [2.24, 2.45) is 0 Å². The van der Waals surface area contributed by atoms with Crippen LogP contribution >= 0.6 is 0 Å². The first-order valence-corrected chi connectivity index (χ1v) is 15.3. The summed E-state index contributed by atoms with van der Waals surface area (Å²) in [5.74, 6) is -0.508. The minimum atomic E-state index is -1.22. The summed E-state index contributed by atoms with van der Waals surface area (Å²) in [5.41, 5.74) is 1.05. The largest absolute Gasteiger partial charge is 0.462 e. The van der Waals surface area contributed by atoms with Crippen molar-refractivity contribution in [2.45, 2.75) is 65.7 Å². The van der Waals surface area contributed by atoms with Gasteiger partial charge in [0.05, 0.1) is 17.8 Å². The molecule has 0 aliphatic rings. The van der Waals surface area contributed by atoms with Gasteiger partial charge in [0.2, 0.25) is 0 Å². The van der Waals surface area contributed by atoms with Gasteiger partial charge in [-0.2, -0.15) is 5.10 Å². The van der Waals surface area contributed by atoms with Gasteiger partial charge in [0.15, 0.2) is 0 Å². The molecule has 0 spiro atoms. The average molecular weight is 486 g/mol. The van der Waals surface area contributed by atoms with Gasteiger partial charge in [0.25, 0.3) is 0 Å². The molecule has 0 aliphatic heterocycles. The van der Waals surface area contributed by atoms with Gasteiger partial charge in [-0.1, -0.05) is 37.8 Å². The van der Waals surface area contributed by atoms with Gasteiger partial charge in [-0.15, -0.1) is 0 Å². The summed E-state index contributed by atoms with van der Waals surface area (Å²) >= 11 is 0. The lowest BCUT2D eigenvalue weighted by Crippen LogP contribution is -2.27. The first kappa shape index (κ1) is 25.7. The molecule has 3 aromatic rings. The van der Waals surface area contributed by atoms with Gasteiger partial charge < -0.3 is 14.2 Å². The molecule has 0 atom stereocenters. The second-order valence-corrected chi connectivity index (χ2v) is 16.0. The zero-order valence-electron chi connectivity index (χ0n) is 21.2. The molecule has 2 heterocycles. The second kappa shape index (κ2) is 10.1. The summed E-state index contributed by atoms with van der Waals surface area (Å²) in [5, 5.41) is 5.46. The lowest BCUT2D eigenvalue weighted by Gasteiger charge is -2.20. The Kier molecular flexibility index (Phi) is 7.67. The normalized spacial score (nSPS) is 12.2. The SMILES string of the molecule is CCOC(=O)c1cn(COCC[Si](C)(C)C)nc1-c1cc2ccccc2n1C(=O)OC(C)(C)C. The summed E-state index contributed by atoms with van der Waals surface area (Å²) in [6.07, 6.45) is 1.07. The number of para-hydroxylation sites is 1. The van der Waals surface area contributed by atoms with Crippen LogP contribution in [-0.4, -0.2) is 53.3 Å². The van der Waals surface area contributed by atoms with E-state index in [1.165, 1.54) is 4.57 Å². The Morgan fingerprint density at radius 3 is 2.47 bits per heavy atom. The van der Waals surface area contributed by atoms with Crippen molar-refractivity contribution >= 4 is 31.0 Å². The monoisotopic (exact) mass is 485 g/mol. The van der Waals surface area contributed by atoms with Crippen LogP contribution in [0.4, 0.5) is 4.79 Å². The summed E-state index contributed by atoms with van der Waals surface area (Å²) in [7, 11) is -1.22. The molecule has 0 N–H and O–H groups in total. The molecule has 0 fully saturated rings. The number of nitrogens with zero attached hydrogens (tertiary/aromatic N) is 3. The van der Waals surface area contributed by atoms with E-state index < -0.39 is 25.7 Å². The predicted octanol–water partition coefficient (Wildman–Crippen LogP) is 5.78. The van der Waals surface area contributed by atoms with E-state index in [2.05, 4.69) is 24.7 Å². The van der Waals surface area contributed by atoms with Gasteiger partial charge >= 0.3 is 12.1 Å². The third kappa shape index (κ3) is 6.36. The first-order chi connectivity index (χ1) is 15.9. The fraction of sp³-hybridized carbons (Fsp3) is 0.480. The molecule has 0 saturated carbocycles. The van der Waals surface area contributed by atoms with E-state index in [9.17, 15) is 9.59 Å².